The Hall–Kier alpha value is -0.580. The van der Waals surface area contributed by atoms with Gasteiger partial charge in [-0.3, -0.25) is 0 Å². The Kier molecular flexibility index (Phi) is 4.97. The minimum Gasteiger partial charge on any atom is -0.492 e. The van der Waals surface area contributed by atoms with E-state index in [0.29, 0.717) is 0 Å². The van der Waals surface area contributed by atoms with E-state index in [1.54, 1.807) is 0 Å². The summed E-state index contributed by atoms with van der Waals surface area (Å²) in [6, 6.07) is 6.40. The number of rotatable bonds is 6. The molecule has 20 heavy (non-hydrogen) atoms. The second-order valence-corrected chi connectivity index (χ2v) is 6.68. The zero-order chi connectivity index (χ0) is 13.8. The molecule has 2 aliphatic rings. The summed E-state index contributed by atoms with van der Waals surface area (Å²) in [7, 11) is 0. The van der Waals surface area contributed by atoms with E-state index < -0.39 is 0 Å². The standard InChI is InChI=1S/C16H23BrN2O/c17-15-3-1-2-14(16(15)20-12-13-4-5-13)6-9-19-10-7-18-8-11-19/h1-3,13,18H,4-12H2. The van der Waals surface area contributed by atoms with Crippen LogP contribution in [-0.2, 0) is 6.42 Å². The number of halogens is 1. The van der Waals surface area contributed by atoms with E-state index in [2.05, 4.69) is 44.3 Å². The monoisotopic (exact) mass is 338 g/mol. The second kappa shape index (κ2) is 6.92. The van der Waals surface area contributed by atoms with Crippen molar-refractivity contribution in [1.29, 1.82) is 0 Å². The highest BCUT2D eigenvalue weighted by molar-refractivity contribution is 9.10. The summed E-state index contributed by atoms with van der Waals surface area (Å²) in [6.45, 7) is 6.55. The third kappa shape index (κ3) is 3.96. The van der Waals surface area contributed by atoms with E-state index in [0.717, 1.165) is 61.9 Å². The number of ether oxygens (including phenoxy) is 1. The van der Waals surface area contributed by atoms with Crippen molar-refractivity contribution in [2.75, 3.05) is 39.3 Å². The van der Waals surface area contributed by atoms with Crippen LogP contribution in [0.4, 0.5) is 0 Å². The zero-order valence-electron chi connectivity index (χ0n) is 11.9. The molecule has 0 radical (unpaired) electrons. The van der Waals surface area contributed by atoms with Crippen LogP contribution < -0.4 is 10.1 Å². The number of hydrogen-bond donors (Lipinski definition) is 1. The number of nitrogens with zero attached hydrogens (tertiary/aromatic N) is 1. The van der Waals surface area contributed by atoms with Gasteiger partial charge in [0.1, 0.15) is 5.75 Å². The lowest BCUT2D eigenvalue weighted by Crippen LogP contribution is -2.44. The maximum atomic E-state index is 6.05. The molecule has 1 saturated carbocycles. The van der Waals surface area contributed by atoms with Crippen LogP contribution >= 0.6 is 15.9 Å². The largest absolute Gasteiger partial charge is 0.492 e. The summed E-state index contributed by atoms with van der Waals surface area (Å²) >= 11 is 3.64. The van der Waals surface area contributed by atoms with Gasteiger partial charge in [-0.2, -0.15) is 0 Å². The van der Waals surface area contributed by atoms with Crippen LogP contribution in [0.1, 0.15) is 18.4 Å². The molecule has 1 aliphatic carbocycles. The Bertz CT molecular complexity index is 442. The quantitative estimate of drug-likeness (QED) is 0.863. The predicted octanol–water partition coefficient (Wildman–Crippen LogP) is 2.69. The molecule has 0 aromatic heterocycles. The molecule has 0 unspecified atom stereocenters. The van der Waals surface area contributed by atoms with Gasteiger partial charge in [-0.1, -0.05) is 12.1 Å². The first-order valence-electron chi connectivity index (χ1n) is 7.66. The van der Waals surface area contributed by atoms with Gasteiger partial charge in [-0.15, -0.1) is 0 Å². The zero-order valence-corrected chi connectivity index (χ0v) is 13.5. The summed E-state index contributed by atoms with van der Waals surface area (Å²) in [4.78, 5) is 2.53. The molecule has 1 aromatic rings. The molecule has 3 rings (SSSR count). The number of para-hydroxylation sites is 1. The van der Waals surface area contributed by atoms with Gasteiger partial charge >= 0.3 is 0 Å². The number of hydrogen-bond acceptors (Lipinski definition) is 3. The van der Waals surface area contributed by atoms with E-state index >= 15 is 0 Å². The molecule has 0 bridgehead atoms. The van der Waals surface area contributed by atoms with E-state index in [1.807, 2.05) is 0 Å². The molecule has 0 amide bonds. The van der Waals surface area contributed by atoms with Gasteiger partial charge in [-0.05, 0) is 52.7 Å². The van der Waals surface area contributed by atoms with Crippen LogP contribution in [0, 0.1) is 5.92 Å². The van der Waals surface area contributed by atoms with Gasteiger partial charge < -0.3 is 15.0 Å². The maximum absolute atomic E-state index is 6.05. The fourth-order valence-corrected chi connectivity index (χ4v) is 3.13. The highest BCUT2D eigenvalue weighted by Crippen LogP contribution is 2.34. The van der Waals surface area contributed by atoms with Crippen molar-refractivity contribution >= 4 is 15.9 Å². The van der Waals surface area contributed by atoms with Crippen LogP contribution in [0.25, 0.3) is 0 Å². The molecule has 1 N–H and O–H groups in total. The third-order valence-corrected chi connectivity index (χ3v) is 4.74. The van der Waals surface area contributed by atoms with Crippen LogP contribution in [0.3, 0.4) is 0 Å². The van der Waals surface area contributed by atoms with Crippen molar-refractivity contribution in [3.8, 4) is 5.75 Å². The van der Waals surface area contributed by atoms with Crippen molar-refractivity contribution in [3.63, 3.8) is 0 Å². The number of nitrogens with one attached hydrogen (secondary N) is 1. The van der Waals surface area contributed by atoms with E-state index in [4.69, 9.17) is 4.74 Å². The topological polar surface area (TPSA) is 24.5 Å². The molecule has 4 heteroatoms. The number of benzene rings is 1. The van der Waals surface area contributed by atoms with Crippen molar-refractivity contribution < 1.29 is 4.74 Å². The summed E-state index contributed by atoms with van der Waals surface area (Å²) in [5.74, 6) is 1.86. The van der Waals surface area contributed by atoms with Crippen molar-refractivity contribution in [2.24, 2.45) is 5.92 Å². The Balaban J connectivity index is 1.59. The fraction of sp³-hybridized carbons (Fsp3) is 0.625. The van der Waals surface area contributed by atoms with Crippen LogP contribution in [0.15, 0.2) is 22.7 Å². The van der Waals surface area contributed by atoms with Gasteiger partial charge in [0.15, 0.2) is 0 Å². The van der Waals surface area contributed by atoms with E-state index in [1.165, 1.54) is 18.4 Å². The van der Waals surface area contributed by atoms with Crippen LogP contribution in [0.2, 0.25) is 0 Å². The maximum Gasteiger partial charge on any atom is 0.136 e. The summed E-state index contributed by atoms with van der Waals surface area (Å²) in [5, 5.41) is 3.40. The normalized spacial score (nSPS) is 20.1. The minimum absolute atomic E-state index is 0.795. The SMILES string of the molecule is Brc1cccc(CCN2CCNCC2)c1OCC1CC1. The molecule has 1 aliphatic heterocycles. The summed E-state index contributed by atoms with van der Waals surface area (Å²) in [5.41, 5.74) is 1.33. The first-order chi connectivity index (χ1) is 9.83. The molecule has 1 heterocycles. The molecule has 0 spiro atoms. The third-order valence-electron chi connectivity index (χ3n) is 4.12. The molecule has 1 saturated heterocycles. The number of piperazine rings is 1. The fourth-order valence-electron chi connectivity index (χ4n) is 2.61. The van der Waals surface area contributed by atoms with Gasteiger partial charge in [0.2, 0.25) is 0 Å². The molecular formula is C16H23BrN2O. The minimum atomic E-state index is 0.795. The molecule has 110 valence electrons. The van der Waals surface area contributed by atoms with Crippen LogP contribution in [0.5, 0.6) is 5.75 Å². The first-order valence-corrected chi connectivity index (χ1v) is 8.45. The molecular weight excluding hydrogens is 316 g/mol. The van der Waals surface area contributed by atoms with E-state index in [-0.39, 0.29) is 0 Å². The van der Waals surface area contributed by atoms with Crippen LogP contribution in [-0.4, -0.2) is 44.2 Å². The van der Waals surface area contributed by atoms with Crippen molar-refractivity contribution in [3.05, 3.63) is 28.2 Å². The smallest absolute Gasteiger partial charge is 0.136 e. The lowest BCUT2D eigenvalue weighted by atomic mass is 10.1. The second-order valence-electron chi connectivity index (χ2n) is 5.82. The Morgan fingerprint density at radius 2 is 2.05 bits per heavy atom. The Labute approximate surface area is 129 Å². The van der Waals surface area contributed by atoms with E-state index in [9.17, 15) is 0 Å². The predicted molar refractivity (Wildman–Crippen MR) is 85.4 cm³/mol. The lowest BCUT2D eigenvalue weighted by Gasteiger charge is -2.27. The molecule has 3 nitrogen and oxygen atoms in total. The Morgan fingerprint density at radius 1 is 1.25 bits per heavy atom. The molecule has 1 aromatic carbocycles. The highest BCUT2D eigenvalue weighted by atomic mass is 79.9. The lowest BCUT2D eigenvalue weighted by molar-refractivity contribution is 0.241. The Morgan fingerprint density at radius 3 is 2.80 bits per heavy atom. The molecule has 0 atom stereocenters. The summed E-state index contributed by atoms with van der Waals surface area (Å²) in [6.07, 6.45) is 3.74. The van der Waals surface area contributed by atoms with Gasteiger partial charge in [-0.25, -0.2) is 0 Å². The first kappa shape index (κ1) is 14.4. The van der Waals surface area contributed by atoms with Gasteiger partial charge in [0.25, 0.3) is 0 Å². The molecule has 2 fully saturated rings. The van der Waals surface area contributed by atoms with Gasteiger partial charge in [0, 0.05) is 32.7 Å². The summed E-state index contributed by atoms with van der Waals surface area (Å²) < 4.78 is 7.15. The van der Waals surface area contributed by atoms with Crippen molar-refractivity contribution in [1.82, 2.24) is 10.2 Å². The average Bonchev–Trinajstić information content (AvgIpc) is 3.29. The highest BCUT2D eigenvalue weighted by Gasteiger charge is 2.23. The average molecular weight is 339 g/mol. The van der Waals surface area contributed by atoms with Crippen molar-refractivity contribution in [2.45, 2.75) is 19.3 Å². The van der Waals surface area contributed by atoms with Gasteiger partial charge in [0.05, 0.1) is 11.1 Å².